The molecule has 2 N–H and O–H groups in total. The Labute approximate surface area is 113 Å². The lowest BCUT2D eigenvalue weighted by Gasteiger charge is -2.25. The molecule has 0 saturated heterocycles. The SMILES string of the molecule is Nc1ccc(Cl)cc1-c1ccc(C2CCC2)cc1. The van der Waals surface area contributed by atoms with Gasteiger partial charge >= 0.3 is 0 Å². The molecule has 2 aromatic rings. The van der Waals surface area contributed by atoms with Crippen molar-refractivity contribution in [2.24, 2.45) is 0 Å². The molecular weight excluding hydrogens is 242 g/mol. The molecule has 1 nitrogen and oxygen atoms in total. The summed E-state index contributed by atoms with van der Waals surface area (Å²) < 4.78 is 0. The number of hydrogen-bond acceptors (Lipinski definition) is 1. The molecule has 0 aromatic heterocycles. The molecule has 0 unspecified atom stereocenters. The van der Waals surface area contributed by atoms with Crippen LogP contribution in [0.25, 0.3) is 11.1 Å². The van der Waals surface area contributed by atoms with E-state index in [1.165, 1.54) is 24.8 Å². The van der Waals surface area contributed by atoms with E-state index in [4.69, 9.17) is 17.3 Å². The zero-order valence-corrected chi connectivity index (χ0v) is 11.0. The molecule has 0 spiro atoms. The monoisotopic (exact) mass is 257 g/mol. The van der Waals surface area contributed by atoms with E-state index in [0.29, 0.717) is 0 Å². The molecule has 0 atom stereocenters. The van der Waals surface area contributed by atoms with Gasteiger partial charge in [-0.1, -0.05) is 42.3 Å². The molecule has 1 aliphatic rings. The van der Waals surface area contributed by atoms with Crippen LogP contribution < -0.4 is 5.73 Å². The molecule has 92 valence electrons. The first kappa shape index (κ1) is 11.6. The van der Waals surface area contributed by atoms with Crippen LogP contribution in [0.15, 0.2) is 42.5 Å². The second-order valence-electron chi connectivity index (χ2n) is 4.98. The lowest BCUT2D eigenvalue weighted by molar-refractivity contribution is 0.420. The average Bonchev–Trinajstić information content (AvgIpc) is 2.31. The van der Waals surface area contributed by atoms with Crippen molar-refractivity contribution in [2.75, 3.05) is 5.73 Å². The minimum absolute atomic E-state index is 0.724. The second kappa shape index (κ2) is 4.66. The Kier molecular flexibility index (Phi) is 3.00. The zero-order valence-electron chi connectivity index (χ0n) is 10.2. The van der Waals surface area contributed by atoms with Crippen molar-refractivity contribution in [2.45, 2.75) is 25.2 Å². The van der Waals surface area contributed by atoms with Crippen molar-refractivity contribution >= 4 is 17.3 Å². The minimum Gasteiger partial charge on any atom is -0.398 e. The average molecular weight is 258 g/mol. The lowest BCUT2D eigenvalue weighted by atomic mass is 9.80. The van der Waals surface area contributed by atoms with Crippen LogP contribution in [0.2, 0.25) is 5.02 Å². The summed E-state index contributed by atoms with van der Waals surface area (Å²) in [6.45, 7) is 0. The first-order chi connectivity index (χ1) is 8.74. The third-order valence-electron chi connectivity index (χ3n) is 3.81. The summed E-state index contributed by atoms with van der Waals surface area (Å²) in [4.78, 5) is 0. The van der Waals surface area contributed by atoms with Crippen molar-refractivity contribution in [3.63, 3.8) is 0 Å². The Morgan fingerprint density at radius 3 is 2.33 bits per heavy atom. The summed E-state index contributed by atoms with van der Waals surface area (Å²) in [5.74, 6) is 0.774. The van der Waals surface area contributed by atoms with Gasteiger partial charge in [-0.05, 0) is 48.1 Å². The molecular formula is C16H16ClN. The van der Waals surface area contributed by atoms with Gasteiger partial charge in [-0.2, -0.15) is 0 Å². The van der Waals surface area contributed by atoms with Gasteiger partial charge in [0.15, 0.2) is 0 Å². The predicted molar refractivity (Wildman–Crippen MR) is 77.9 cm³/mol. The summed E-state index contributed by atoms with van der Waals surface area (Å²) in [7, 11) is 0. The van der Waals surface area contributed by atoms with Gasteiger partial charge < -0.3 is 5.73 Å². The molecule has 18 heavy (non-hydrogen) atoms. The predicted octanol–water partition coefficient (Wildman–Crippen LogP) is 4.86. The van der Waals surface area contributed by atoms with Crippen LogP contribution in [-0.2, 0) is 0 Å². The van der Waals surface area contributed by atoms with Crippen LogP contribution in [0, 0.1) is 0 Å². The number of benzene rings is 2. The Hall–Kier alpha value is -1.47. The van der Waals surface area contributed by atoms with Crippen molar-refractivity contribution in [3.8, 4) is 11.1 Å². The fraction of sp³-hybridized carbons (Fsp3) is 0.250. The van der Waals surface area contributed by atoms with Gasteiger partial charge in [0.05, 0.1) is 0 Å². The van der Waals surface area contributed by atoms with Gasteiger partial charge in [0.1, 0.15) is 0 Å². The van der Waals surface area contributed by atoms with Gasteiger partial charge in [0.2, 0.25) is 0 Å². The number of halogens is 1. The Morgan fingerprint density at radius 1 is 1.00 bits per heavy atom. The molecule has 2 heteroatoms. The van der Waals surface area contributed by atoms with Crippen molar-refractivity contribution in [1.29, 1.82) is 0 Å². The lowest BCUT2D eigenvalue weighted by Crippen LogP contribution is -2.08. The highest BCUT2D eigenvalue weighted by Gasteiger charge is 2.19. The van der Waals surface area contributed by atoms with E-state index < -0.39 is 0 Å². The van der Waals surface area contributed by atoms with E-state index in [1.807, 2.05) is 18.2 Å². The molecule has 0 radical (unpaired) electrons. The zero-order chi connectivity index (χ0) is 12.5. The van der Waals surface area contributed by atoms with Crippen LogP contribution in [0.5, 0.6) is 0 Å². The summed E-state index contributed by atoms with van der Waals surface area (Å²) >= 11 is 6.02. The van der Waals surface area contributed by atoms with E-state index in [-0.39, 0.29) is 0 Å². The second-order valence-corrected chi connectivity index (χ2v) is 5.42. The number of nitrogens with two attached hydrogens (primary N) is 1. The van der Waals surface area contributed by atoms with E-state index in [9.17, 15) is 0 Å². The Morgan fingerprint density at radius 2 is 1.72 bits per heavy atom. The van der Waals surface area contributed by atoms with Crippen LogP contribution in [0.1, 0.15) is 30.7 Å². The summed E-state index contributed by atoms with van der Waals surface area (Å²) in [6.07, 6.45) is 4.03. The standard InChI is InChI=1S/C16H16ClN/c17-14-8-9-16(18)15(10-14)13-6-4-12(5-7-13)11-2-1-3-11/h4-11H,1-3,18H2. The van der Waals surface area contributed by atoms with Crippen LogP contribution >= 0.6 is 11.6 Å². The maximum absolute atomic E-state index is 6.02. The summed E-state index contributed by atoms with van der Waals surface area (Å²) in [5, 5.41) is 0.724. The first-order valence-electron chi connectivity index (χ1n) is 6.39. The molecule has 1 saturated carbocycles. The molecule has 2 aromatic carbocycles. The third kappa shape index (κ3) is 2.11. The summed E-state index contributed by atoms with van der Waals surface area (Å²) in [6, 6.07) is 14.3. The van der Waals surface area contributed by atoms with Gasteiger partial charge in [-0.3, -0.25) is 0 Å². The normalized spacial score (nSPS) is 15.4. The number of anilines is 1. The maximum atomic E-state index is 6.02. The van der Waals surface area contributed by atoms with Crippen molar-refractivity contribution < 1.29 is 0 Å². The molecule has 0 heterocycles. The maximum Gasteiger partial charge on any atom is 0.0413 e. The van der Waals surface area contributed by atoms with E-state index in [0.717, 1.165) is 27.8 Å². The number of rotatable bonds is 2. The van der Waals surface area contributed by atoms with Gasteiger partial charge in [-0.15, -0.1) is 0 Å². The quantitative estimate of drug-likeness (QED) is 0.764. The topological polar surface area (TPSA) is 26.0 Å². The van der Waals surface area contributed by atoms with Crippen LogP contribution in [0.4, 0.5) is 5.69 Å². The highest BCUT2D eigenvalue weighted by Crippen LogP contribution is 2.37. The Balaban J connectivity index is 1.94. The van der Waals surface area contributed by atoms with Gasteiger partial charge in [0, 0.05) is 16.3 Å². The Bertz CT molecular complexity index is 556. The fourth-order valence-electron chi connectivity index (χ4n) is 2.45. The molecule has 0 bridgehead atoms. The minimum atomic E-state index is 0.724. The van der Waals surface area contributed by atoms with E-state index in [1.54, 1.807) is 0 Å². The highest BCUT2D eigenvalue weighted by molar-refractivity contribution is 6.31. The van der Waals surface area contributed by atoms with E-state index >= 15 is 0 Å². The smallest absolute Gasteiger partial charge is 0.0413 e. The fourth-order valence-corrected chi connectivity index (χ4v) is 2.63. The number of nitrogen functional groups attached to an aromatic ring is 1. The van der Waals surface area contributed by atoms with Crippen LogP contribution in [-0.4, -0.2) is 0 Å². The van der Waals surface area contributed by atoms with E-state index in [2.05, 4.69) is 24.3 Å². The molecule has 0 aliphatic heterocycles. The van der Waals surface area contributed by atoms with Crippen molar-refractivity contribution in [3.05, 3.63) is 53.1 Å². The first-order valence-corrected chi connectivity index (χ1v) is 6.77. The van der Waals surface area contributed by atoms with Crippen molar-refractivity contribution in [1.82, 2.24) is 0 Å². The molecule has 3 rings (SSSR count). The molecule has 1 fully saturated rings. The molecule has 0 amide bonds. The largest absolute Gasteiger partial charge is 0.398 e. The third-order valence-corrected chi connectivity index (χ3v) is 4.05. The highest BCUT2D eigenvalue weighted by atomic mass is 35.5. The molecule has 1 aliphatic carbocycles. The number of hydrogen-bond donors (Lipinski definition) is 1. The van der Waals surface area contributed by atoms with Crippen LogP contribution in [0.3, 0.4) is 0 Å². The van der Waals surface area contributed by atoms with Gasteiger partial charge in [0.25, 0.3) is 0 Å². The summed E-state index contributed by atoms with van der Waals surface area (Å²) in [5.41, 5.74) is 10.4. The van der Waals surface area contributed by atoms with Gasteiger partial charge in [-0.25, -0.2) is 0 Å².